The number of hydrogen-bond acceptors (Lipinski definition) is 5. The molecule has 2 aromatic heterocycles. The smallest absolute Gasteiger partial charge is 0.335 e. The summed E-state index contributed by atoms with van der Waals surface area (Å²) in [7, 11) is 0. The van der Waals surface area contributed by atoms with Crippen LogP contribution in [0.4, 0.5) is 0 Å². The van der Waals surface area contributed by atoms with Crippen molar-refractivity contribution < 1.29 is 19.4 Å². The summed E-state index contributed by atoms with van der Waals surface area (Å²) in [6.07, 6.45) is 3.05. The van der Waals surface area contributed by atoms with Crippen LogP contribution < -0.4 is 9.47 Å². The highest BCUT2D eigenvalue weighted by Gasteiger charge is 2.05. The molecule has 0 aliphatic rings. The van der Waals surface area contributed by atoms with Crippen molar-refractivity contribution in [2.45, 2.75) is 0 Å². The first kappa shape index (κ1) is 16.2. The molecule has 1 N–H and O–H groups in total. The van der Waals surface area contributed by atoms with E-state index in [1.54, 1.807) is 6.20 Å². The Morgan fingerprint density at radius 2 is 1.92 bits per heavy atom. The Morgan fingerprint density at radius 1 is 1.08 bits per heavy atom. The molecular weight excluding hydrogens is 376 g/mol. The van der Waals surface area contributed by atoms with E-state index in [-0.39, 0.29) is 18.1 Å². The average Bonchev–Trinajstić information content (AvgIpc) is 2.58. The van der Waals surface area contributed by atoms with Crippen molar-refractivity contribution in [2.24, 2.45) is 0 Å². The minimum absolute atomic E-state index is 0.130. The van der Waals surface area contributed by atoms with E-state index in [1.807, 2.05) is 24.3 Å². The Balaban J connectivity index is 1.56. The number of carboxylic acids is 1. The van der Waals surface area contributed by atoms with E-state index in [0.717, 1.165) is 15.4 Å². The third-order valence-electron chi connectivity index (χ3n) is 3.20. The minimum atomic E-state index is -1.02. The molecule has 0 bridgehead atoms. The summed E-state index contributed by atoms with van der Waals surface area (Å²) in [4.78, 5) is 19.2. The maximum absolute atomic E-state index is 10.9. The van der Waals surface area contributed by atoms with Crippen molar-refractivity contribution >= 4 is 32.8 Å². The molecule has 0 saturated heterocycles. The van der Waals surface area contributed by atoms with Gasteiger partial charge in [-0.3, -0.25) is 4.98 Å². The molecular formula is C17H13BrN2O4. The lowest BCUT2D eigenvalue weighted by Crippen LogP contribution is -2.10. The van der Waals surface area contributed by atoms with Gasteiger partial charge in [0.1, 0.15) is 19.0 Å². The lowest BCUT2D eigenvalue weighted by Gasteiger charge is -2.08. The molecule has 7 heteroatoms. The van der Waals surface area contributed by atoms with Crippen molar-refractivity contribution in [3.63, 3.8) is 0 Å². The first-order chi connectivity index (χ1) is 11.6. The van der Waals surface area contributed by atoms with Gasteiger partial charge in [-0.05, 0) is 30.3 Å². The summed E-state index contributed by atoms with van der Waals surface area (Å²) >= 11 is 3.43. The van der Waals surface area contributed by atoms with Crippen molar-refractivity contribution in [3.05, 3.63) is 58.8 Å². The number of fused-ring (bicyclic) bond motifs is 1. The number of ether oxygens (including phenoxy) is 2. The van der Waals surface area contributed by atoms with Gasteiger partial charge in [0.15, 0.2) is 0 Å². The fourth-order valence-electron chi connectivity index (χ4n) is 2.09. The SMILES string of the molecule is O=C(O)c1ccnc(OCCOc2cnc3ccc(Br)cc3c2)c1. The summed E-state index contributed by atoms with van der Waals surface area (Å²) in [5.74, 6) is -0.137. The van der Waals surface area contributed by atoms with Crippen LogP contribution in [0.15, 0.2) is 53.3 Å². The van der Waals surface area contributed by atoms with Crippen molar-refractivity contribution in [2.75, 3.05) is 13.2 Å². The van der Waals surface area contributed by atoms with Gasteiger partial charge >= 0.3 is 5.97 Å². The first-order valence-electron chi connectivity index (χ1n) is 7.12. The number of pyridine rings is 2. The summed E-state index contributed by atoms with van der Waals surface area (Å²) in [6.45, 7) is 0.534. The van der Waals surface area contributed by atoms with E-state index in [4.69, 9.17) is 14.6 Å². The molecule has 0 spiro atoms. The van der Waals surface area contributed by atoms with Crippen LogP contribution in [0, 0.1) is 0 Å². The number of aromatic nitrogens is 2. The molecule has 1 aromatic carbocycles. The Hall–Kier alpha value is -2.67. The van der Waals surface area contributed by atoms with E-state index >= 15 is 0 Å². The van der Waals surface area contributed by atoms with Crippen LogP contribution >= 0.6 is 15.9 Å². The average molecular weight is 389 g/mol. The van der Waals surface area contributed by atoms with Gasteiger partial charge < -0.3 is 14.6 Å². The second-order valence-corrected chi connectivity index (χ2v) is 5.81. The van der Waals surface area contributed by atoms with Gasteiger partial charge in [-0.15, -0.1) is 0 Å². The highest BCUT2D eigenvalue weighted by atomic mass is 79.9. The fraction of sp³-hybridized carbons (Fsp3) is 0.118. The molecule has 0 aliphatic heterocycles. The van der Waals surface area contributed by atoms with Gasteiger partial charge in [0, 0.05) is 22.1 Å². The molecule has 3 rings (SSSR count). The van der Waals surface area contributed by atoms with Gasteiger partial charge in [-0.1, -0.05) is 15.9 Å². The summed E-state index contributed by atoms with van der Waals surface area (Å²) in [5, 5.41) is 9.89. The predicted octanol–water partition coefficient (Wildman–Crippen LogP) is 3.55. The molecule has 0 aliphatic carbocycles. The van der Waals surface area contributed by atoms with Gasteiger partial charge in [0.25, 0.3) is 0 Å². The number of benzene rings is 1. The van der Waals surface area contributed by atoms with Crippen LogP contribution in [0.25, 0.3) is 10.9 Å². The Bertz CT molecular complexity index is 885. The number of aromatic carboxylic acids is 1. The van der Waals surface area contributed by atoms with Crippen molar-refractivity contribution in [1.82, 2.24) is 9.97 Å². The molecule has 122 valence electrons. The fourth-order valence-corrected chi connectivity index (χ4v) is 2.47. The first-order valence-corrected chi connectivity index (χ1v) is 7.91. The standard InChI is InChI=1S/C17H13BrN2O4/c18-13-1-2-15-12(7-13)8-14(10-20-15)23-5-6-24-16-9-11(17(21)22)3-4-19-16/h1-4,7-10H,5-6H2,(H,21,22). The Morgan fingerprint density at radius 3 is 2.75 bits per heavy atom. The van der Waals surface area contributed by atoms with Crippen LogP contribution in [0.5, 0.6) is 11.6 Å². The number of halogens is 1. The molecule has 0 fully saturated rings. The van der Waals surface area contributed by atoms with Gasteiger partial charge in [-0.25, -0.2) is 9.78 Å². The quantitative estimate of drug-likeness (QED) is 0.650. The maximum atomic E-state index is 10.9. The van der Waals surface area contributed by atoms with Crippen molar-refractivity contribution in [3.8, 4) is 11.6 Å². The number of hydrogen-bond donors (Lipinski definition) is 1. The van der Waals surface area contributed by atoms with Gasteiger partial charge in [0.2, 0.25) is 5.88 Å². The van der Waals surface area contributed by atoms with Gasteiger partial charge in [0.05, 0.1) is 17.3 Å². The van der Waals surface area contributed by atoms with E-state index in [2.05, 4.69) is 25.9 Å². The normalized spacial score (nSPS) is 10.5. The summed E-state index contributed by atoms with van der Waals surface area (Å²) in [5.41, 5.74) is 1.02. The van der Waals surface area contributed by atoms with Crippen LogP contribution in [-0.4, -0.2) is 34.3 Å². The second kappa shape index (κ2) is 7.27. The van der Waals surface area contributed by atoms with E-state index in [1.165, 1.54) is 18.3 Å². The molecule has 0 saturated carbocycles. The Kier molecular flexibility index (Phi) is 4.90. The molecule has 0 unspecified atom stereocenters. The molecule has 0 atom stereocenters. The third-order valence-corrected chi connectivity index (χ3v) is 3.70. The zero-order chi connectivity index (χ0) is 16.9. The molecule has 2 heterocycles. The largest absolute Gasteiger partial charge is 0.488 e. The molecule has 3 aromatic rings. The number of carbonyl (C=O) groups is 1. The van der Waals surface area contributed by atoms with Crippen LogP contribution in [-0.2, 0) is 0 Å². The number of nitrogens with zero attached hydrogens (tertiary/aromatic N) is 2. The lowest BCUT2D eigenvalue weighted by molar-refractivity contribution is 0.0696. The minimum Gasteiger partial charge on any atom is -0.488 e. The third kappa shape index (κ3) is 3.99. The van der Waals surface area contributed by atoms with Crippen LogP contribution in [0.2, 0.25) is 0 Å². The van der Waals surface area contributed by atoms with Gasteiger partial charge in [-0.2, -0.15) is 0 Å². The summed E-state index contributed by atoms with van der Waals surface area (Å²) in [6, 6.07) is 10.5. The zero-order valence-corrected chi connectivity index (χ0v) is 14.1. The second-order valence-electron chi connectivity index (χ2n) is 4.89. The van der Waals surface area contributed by atoms with E-state index in [0.29, 0.717) is 12.4 Å². The molecule has 24 heavy (non-hydrogen) atoms. The van der Waals surface area contributed by atoms with E-state index in [9.17, 15) is 4.79 Å². The van der Waals surface area contributed by atoms with E-state index < -0.39 is 5.97 Å². The highest BCUT2D eigenvalue weighted by Crippen LogP contribution is 2.22. The summed E-state index contributed by atoms with van der Waals surface area (Å²) < 4.78 is 12.0. The maximum Gasteiger partial charge on any atom is 0.335 e. The zero-order valence-electron chi connectivity index (χ0n) is 12.5. The van der Waals surface area contributed by atoms with Crippen molar-refractivity contribution in [1.29, 1.82) is 0 Å². The molecule has 0 radical (unpaired) electrons. The predicted molar refractivity (Wildman–Crippen MR) is 91.6 cm³/mol. The van der Waals surface area contributed by atoms with Crippen LogP contribution in [0.3, 0.4) is 0 Å². The topological polar surface area (TPSA) is 81.5 Å². The lowest BCUT2D eigenvalue weighted by atomic mass is 10.2. The number of rotatable bonds is 6. The highest BCUT2D eigenvalue weighted by molar-refractivity contribution is 9.10. The Labute approximate surface area is 146 Å². The number of carboxylic acid groups (broad SMARTS) is 1. The molecule has 0 amide bonds. The molecule has 6 nitrogen and oxygen atoms in total. The van der Waals surface area contributed by atoms with Crippen LogP contribution in [0.1, 0.15) is 10.4 Å². The monoisotopic (exact) mass is 388 g/mol.